The summed E-state index contributed by atoms with van der Waals surface area (Å²) in [6.07, 6.45) is 34.1. The number of carbonyl (C=O) groups is 11. The molecule has 0 spiro atoms. The highest BCUT2D eigenvalue weighted by Gasteiger charge is 2.80. The third-order valence-corrected chi connectivity index (χ3v) is 51.7. The number of nitrogens with two attached hydrogens (primary N) is 1. The fourth-order valence-electron chi connectivity index (χ4n) is 42.4. The number of halogens is 1. The minimum atomic E-state index is -0.796. The summed E-state index contributed by atoms with van der Waals surface area (Å²) in [5.74, 6) is 0.0352. The van der Waals surface area contributed by atoms with E-state index >= 15 is 0 Å². The molecule has 20 rings (SSSR count). The summed E-state index contributed by atoms with van der Waals surface area (Å²) in [6, 6.07) is 2.76. The molecule has 0 bridgehead atoms. The van der Waals surface area contributed by atoms with Crippen LogP contribution in [0.3, 0.4) is 0 Å². The molecule has 3 N–H and O–H groups in total. The first-order valence-corrected chi connectivity index (χ1v) is 55.9. The summed E-state index contributed by atoms with van der Waals surface area (Å²) in [6.45, 7) is 92.8. The van der Waals surface area contributed by atoms with Crippen LogP contribution in [-0.4, -0.2) is 68.5 Å². The zero-order chi connectivity index (χ0) is 106. The molecule has 0 heterocycles. The summed E-state index contributed by atoms with van der Waals surface area (Å²) < 4.78 is 0. The maximum Gasteiger partial charge on any atom is 0.309 e. The van der Waals surface area contributed by atoms with Gasteiger partial charge >= 0.3 is 5.97 Å². The zero-order valence-corrected chi connectivity index (χ0v) is 93.1. The first-order valence-electron chi connectivity index (χ1n) is 55.5. The summed E-state index contributed by atoms with van der Waals surface area (Å²) in [5, 5.41) is 20.7. The van der Waals surface area contributed by atoms with E-state index in [1.807, 2.05) is 79.7 Å². The third-order valence-electron chi connectivity index (χ3n) is 51.3. The van der Waals surface area contributed by atoms with Gasteiger partial charge in [0, 0.05) is 76.4 Å². The number of Topliss-reactive ketones (excluding diaryl/α,β-unsaturated/α-hetero) is 8. The summed E-state index contributed by atoms with van der Waals surface area (Å²) in [7, 11) is 0. The quantitative estimate of drug-likeness (QED) is 0.197. The molecule has 0 aromatic heterocycles. The van der Waals surface area contributed by atoms with Crippen LogP contribution in [0.15, 0.2) is 47.1 Å². The van der Waals surface area contributed by atoms with E-state index < -0.39 is 60.1 Å². The molecule has 792 valence electrons. The number of hydrogen-bond acceptors (Lipinski definition) is 12. The number of nitrogens with zero attached hydrogens (tertiary/aromatic N) is 5. The molecule has 0 radical (unpaired) electrons. The van der Waals surface area contributed by atoms with Crippen LogP contribution in [0, 0.1) is 262 Å². The van der Waals surface area contributed by atoms with Crippen LogP contribution >= 0.6 is 11.6 Å². The van der Waals surface area contributed by atoms with Gasteiger partial charge in [-0.05, 0) is 349 Å². The van der Waals surface area contributed by atoms with Crippen molar-refractivity contribution in [3.63, 3.8) is 0 Å². The molecule has 0 saturated heterocycles. The van der Waals surface area contributed by atoms with Gasteiger partial charge in [0.2, 0.25) is 33.9 Å². The number of carboxylic acid groups (broad SMARTS) is 1. The van der Waals surface area contributed by atoms with E-state index in [4.69, 9.17) is 43.6 Å². The van der Waals surface area contributed by atoms with Crippen LogP contribution in [0.25, 0.3) is 19.4 Å². The molecule has 0 unspecified atom stereocenters. The van der Waals surface area contributed by atoms with Crippen LogP contribution in [0.4, 0.5) is 0 Å². The number of nitriles is 1. The Balaban J connectivity index is 0.000000145. The average molecular weight is 2010 g/mol. The van der Waals surface area contributed by atoms with Crippen LogP contribution in [0.5, 0.6) is 0 Å². The van der Waals surface area contributed by atoms with Gasteiger partial charge in [-0.2, -0.15) is 5.26 Å². The number of carboxylic acids is 1. The van der Waals surface area contributed by atoms with Crippen molar-refractivity contribution in [2.75, 3.05) is 0 Å². The molecule has 16 saturated carbocycles. The molecule has 145 heavy (non-hydrogen) atoms. The smallest absolute Gasteiger partial charge is 0.309 e. The summed E-state index contributed by atoms with van der Waals surface area (Å²) in [5.41, 5.74) is -0.294. The second-order valence-corrected chi connectivity index (χ2v) is 60.7. The highest BCUT2D eigenvalue weighted by molar-refractivity contribution is 6.64. The molecule has 0 aromatic rings. The van der Waals surface area contributed by atoms with E-state index in [9.17, 15) is 63.1 Å². The Kier molecular flexibility index (Phi) is 26.5. The van der Waals surface area contributed by atoms with Gasteiger partial charge in [0.25, 0.3) is 0 Å². The lowest BCUT2D eigenvalue weighted by Crippen LogP contribution is -2.69. The number of carbonyl (C=O) groups excluding carboxylic acids is 10. The maximum absolute atomic E-state index is 14.4. The van der Waals surface area contributed by atoms with Crippen LogP contribution in [0.2, 0.25) is 0 Å². The molecule has 1 amide bonds. The van der Waals surface area contributed by atoms with E-state index in [1.54, 1.807) is 0 Å². The standard InChI is InChI=1S/C31H42ClNO3.C31H44N2O3.C31H42N2O2.C31H43NO4.2CH4/c2*1-26(2)11-13-31(25(32)36)14-12-30(7)23(18(31)16-26)20(34)15-22-28(5)17-19(33-8)24(35)27(3,4)21(28)9-10-29(22,30)6;1-26(2)11-13-31(18-32)14-12-30(7)24(19(31)16-26)21(34)15-23-28(5)17-20(33-8)25(35)27(3,4)22(28)9-10-29(23,30)6;1-26(2)11-13-31(25(35)36)14-12-30(7)23(18(31)16-26)20(33)15-22-28(5)17-19(32-8)24(34)27(3,4)21(28)9-10-29(22,30)6;;/h17-18,21-23H,9-16H2,1-7H3;17-18,21-23H,9-16H2,1-7H3,(H2,32,36);17,19,22-24H,9-16H2,1-7H3;17-18,21-23H,9-16H2,1-7H3,(H,35,36);2*1H4/t2*18-,21-,22+,23-,28-,29+,30+,31-;19-,22-,23+,24-,28-,29+,30+,31+;18-,21-,22+,23-,28-,29+,30+,31-;;/m0000../s1. The number of rotatable bonds is 3. The average Bonchev–Trinajstić information content (AvgIpc) is 0.676. The predicted octanol–water partition coefficient (Wildman–Crippen LogP) is 28.7. The number of fused-ring (bicyclic) bond motifs is 28. The van der Waals surface area contributed by atoms with Gasteiger partial charge in [0.15, 0.2) is 23.1 Å². The monoisotopic (exact) mass is 2000 g/mol. The first-order chi connectivity index (χ1) is 65.6. The van der Waals surface area contributed by atoms with Gasteiger partial charge in [0.05, 0.1) is 48.6 Å². The van der Waals surface area contributed by atoms with Gasteiger partial charge in [0.1, 0.15) is 23.1 Å². The molecule has 0 aliphatic heterocycles. The predicted molar refractivity (Wildman–Crippen MR) is 566 cm³/mol. The van der Waals surface area contributed by atoms with Crippen molar-refractivity contribution in [2.24, 2.45) is 230 Å². The lowest BCUT2D eigenvalue weighted by Gasteiger charge is -2.71. The van der Waals surface area contributed by atoms with E-state index in [1.165, 1.54) is 0 Å². The number of ketones is 8. The lowest BCUT2D eigenvalue weighted by molar-refractivity contribution is -0.225. The minimum Gasteiger partial charge on any atom is -0.481 e. The van der Waals surface area contributed by atoms with Gasteiger partial charge in [-0.15, -0.1) is 0 Å². The fraction of sp³-hybridized carbons (Fsp3) is 0.810. The van der Waals surface area contributed by atoms with Gasteiger partial charge < -0.3 is 30.0 Å². The molecular formula is C126H179ClN6O12. The van der Waals surface area contributed by atoms with Crippen molar-refractivity contribution >= 4 is 75.0 Å². The van der Waals surface area contributed by atoms with Crippen molar-refractivity contribution < 1.29 is 57.8 Å². The van der Waals surface area contributed by atoms with Crippen molar-refractivity contribution in [3.8, 4) is 6.07 Å². The largest absolute Gasteiger partial charge is 0.481 e. The van der Waals surface area contributed by atoms with E-state index in [0.29, 0.717) is 44.3 Å². The number of primary amides is 1. The summed E-state index contributed by atoms with van der Waals surface area (Å²) in [4.78, 5) is 164. The van der Waals surface area contributed by atoms with Gasteiger partial charge in [-0.1, -0.05) is 233 Å². The lowest BCUT2D eigenvalue weighted by atomic mass is 9.31. The van der Waals surface area contributed by atoms with Crippen molar-refractivity contribution in [1.82, 2.24) is 0 Å². The van der Waals surface area contributed by atoms with E-state index in [2.05, 4.69) is 164 Å². The second kappa shape index (κ2) is 34.3. The molecule has 32 atom stereocenters. The normalized spacial score (nSPS) is 48.4. The highest BCUT2D eigenvalue weighted by Crippen LogP contribution is 2.83. The Morgan fingerprint density at radius 1 is 0.317 bits per heavy atom. The Labute approximate surface area is 876 Å². The molecule has 0 aromatic carbocycles. The maximum atomic E-state index is 14.4. The van der Waals surface area contributed by atoms with Crippen molar-refractivity contribution in [3.05, 3.63) is 92.8 Å². The first kappa shape index (κ1) is 112. The van der Waals surface area contributed by atoms with Gasteiger partial charge in [-0.25, -0.2) is 19.4 Å². The van der Waals surface area contributed by atoms with E-state index in [-0.39, 0.29) is 260 Å². The summed E-state index contributed by atoms with van der Waals surface area (Å²) >= 11 is 6.38. The number of amides is 1. The Hall–Kier alpha value is -7.33. The van der Waals surface area contributed by atoms with E-state index in [0.717, 1.165) is 167 Å². The topological polar surface area (TPSA) is 275 Å². The molecular weight excluding hydrogens is 1820 g/mol. The number of aliphatic carboxylic acids is 1. The number of hydrogen-bond donors (Lipinski definition) is 2. The van der Waals surface area contributed by atoms with Crippen molar-refractivity contribution in [2.45, 2.75) is 414 Å². The molecule has 16 fully saturated rings. The number of allylic oxidation sites excluding steroid dienone is 8. The SMILES string of the molecule is C.C.[C-]#[N+]C1=C[C@]2(C)[C@H]3CC(=O)[C@@H]4[C@@H]5CC(C)(C)CC[C@]5(C#N)CC[C@@]4(C)[C@]3(C)CC[C@H]2C(C)(C)C1=O.[C-]#[N+]C1=C[C@]2(C)[C@H]3CC(=O)[C@@H]4[C@@H]5CC(C)(C)CC[C@]5(C(=O)Cl)CC[C@@]4(C)[C@]3(C)CC[C@H]2C(C)(C)C1=O.[C-]#[N+]C1=C[C@]2(C)[C@H]3CC(=O)[C@@H]4[C@@H]5CC(C)(C)CC[C@]5(C(=O)O)CC[C@@]4(C)[C@]3(C)CC[C@H]2C(C)(C)C1=O.[C-]#[N+]C1=C[C@]2(C)[C@H]3CC(=O)[C@@H]4[C@@H]5CC(C)(C)CC[C@]5(C(N)=O)CC[C@@]4(C)[C@]3(C)CC[C@H]2C(C)(C)C1=O. The zero-order valence-electron chi connectivity index (χ0n) is 92.3. The fourth-order valence-corrected chi connectivity index (χ4v) is 42.8. The highest BCUT2D eigenvalue weighted by atomic mass is 35.5. The van der Waals surface area contributed by atoms with Crippen LogP contribution in [0.1, 0.15) is 414 Å². The molecule has 19 heteroatoms. The second-order valence-electron chi connectivity index (χ2n) is 60.3. The third kappa shape index (κ3) is 14.8. The molecule has 18 nitrogen and oxygen atoms in total. The Morgan fingerprint density at radius 3 is 0.793 bits per heavy atom. The molecule has 20 aliphatic rings. The van der Waals surface area contributed by atoms with Crippen molar-refractivity contribution in [1.29, 1.82) is 5.26 Å². The van der Waals surface area contributed by atoms with Gasteiger partial charge in [-0.3, -0.25) is 33.6 Å². The van der Waals surface area contributed by atoms with Crippen LogP contribution in [-0.2, 0) is 52.7 Å². The molecule has 20 aliphatic carbocycles. The van der Waals surface area contributed by atoms with Crippen LogP contribution < -0.4 is 5.73 Å². The minimum absolute atomic E-state index is 0. The Morgan fingerprint density at radius 2 is 0.531 bits per heavy atom. The Bertz CT molecular complexity index is 5490.